The number of nitrogens with two attached hydrogens (primary N) is 3. The molecule has 5 atom stereocenters. The van der Waals surface area contributed by atoms with Crippen molar-refractivity contribution in [3.05, 3.63) is 183 Å². The summed E-state index contributed by atoms with van der Waals surface area (Å²) in [5.41, 5.74) is 15.2. The predicted molar refractivity (Wildman–Crippen MR) is 562 cm³/mol. The van der Waals surface area contributed by atoms with E-state index in [0.29, 0.717) is 86.1 Å². The van der Waals surface area contributed by atoms with Crippen LogP contribution in [-0.4, -0.2) is 235 Å². The van der Waals surface area contributed by atoms with Crippen molar-refractivity contribution >= 4 is 86.7 Å². The normalized spacial score (nSPS) is 17.2. The molecule has 10 rings (SSSR count). The molecule has 0 bridgehead atoms. The number of oxime groups is 1. The summed E-state index contributed by atoms with van der Waals surface area (Å²) in [6.45, 7) is 56.5. The lowest BCUT2D eigenvalue weighted by molar-refractivity contribution is -0.123. The van der Waals surface area contributed by atoms with Gasteiger partial charge in [0, 0.05) is 39.4 Å². The van der Waals surface area contributed by atoms with Crippen LogP contribution in [0.5, 0.6) is 0 Å². The lowest BCUT2D eigenvalue weighted by atomic mass is 9.92. The number of aromatic nitrogens is 2. The molecule has 0 radical (unpaired) electrons. The molecular weight excluding hydrogens is 1940 g/mol. The van der Waals surface area contributed by atoms with Crippen LogP contribution in [0, 0.1) is 33.5 Å². The molecule has 0 aliphatic carbocycles. The van der Waals surface area contributed by atoms with Gasteiger partial charge in [-0.1, -0.05) is 182 Å². The number of alkyl carbamates (subject to hydrolysis) is 1. The Bertz CT molecular complexity index is 5170. The summed E-state index contributed by atoms with van der Waals surface area (Å²) in [7, 11) is -1.60. The summed E-state index contributed by atoms with van der Waals surface area (Å²) in [6.07, 6.45) is 3.02. The Morgan fingerprint density at radius 1 is 0.510 bits per heavy atom. The molecule has 4 fully saturated rings. The number of nitrogens with zero attached hydrogens (tertiary/aromatic N) is 8. The van der Waals surface area contributed by atoms with Gasteiger partial charge in [-0.3, -0.25) is 38.2 Å². The molecule has 0 saturated carbocycles. The molecule has 12 N–H and O–H groups in total. The van der Waals surface area contributed by atoms with E-state index < -0.39 is 73.4 Å². The van der Waals surface area contributed by atoms with Gasteiger partial charge >= 0.3 is 40.9 Å². The van der Waals surface area contributed by atoms with E-state index in [2.05, 4.69) is 102 Å². The fraction of sp³-hybridized carbons (Fsp3) is 0.587. The average Bonchev–Trinajstić information content (AvgIpc) is 1.66. The lowest BCUT2D eigenvalue weighted by Crippen LogP contribution is -2.50. The van der Waals surface area contributed by atoms with E-state index in [1.54, 1.807) is 88.9 Å². The first kappa shape index (κ1) is 134. The number of H-pyrrole nitrogens is 1. The molecule has 39 heteroatoms. The van der Waals surface area contributed by atoms with Gasteiger partial charge in [0.15, 0.2) is 5.84 Å². The summed E-state index contributed by atoms with van der Waals surface area (Å²) in [6, 6.07) is 40.9. The number of amides is 5. The van der Waals surface area contributed by atoms with Crippen LogP contribution < -0.4 is 22.7 Å². The molecule has 5 amide bonds. The Hall–Kier alpha value is -10.6. The number of imidazole rings is 1. The van der Waals surface area contributed by atoms with Crippen LogP contribution in [0.2, 0.25) is 0 Å². The Balaban J connectivity index is 0. The van der Waals surface area contributed by atoms with Crippen LogP contribution in [0.25, 0.3) is 11.4 Å². The van der Waals surface area contributed by atoms with Crippen molar-refractivity contribution in [2.24, 2.45) is 27.9 Å². The van der Waals surface area contributed by atoms with E-state index >= 15 is 0 Å². The molecule has 143 heavy (non-hydrogen) atoms. The summed E-state index contributed by atoms with van der Waals surface area (Å²) in [5, 5.41) is 55.6. The average molecular weight is 2110 g/mol. The number of aliphatic hydroxyl groups is 1. The van der Waals surface area contributed by atoms with Crippen LogP contribution in [0.15, 0.2) is 133 Å². The molecule has 804 valence electrons. The van der Waals surface area contributed by atoms with Crippen LogP contribution in [0.1, 0.15) is 279 Å². The van der Waals surface area contributed by atoms with Crippen LogP contribution in [0.3, 0.4) is 0 Å². The van der Waals surface area contributed by atoms with Crippen molar-refractivity contribution in [1.29, 1.82) is 15.9 Å². The van der Waals surface area contributed by atoms with Gasteiger partial charge in [0.05, 0.1) is 106 Å². The number of Topliss-reactive ketones (excluding diaryl/α,β-unsaturated/α-hetero) is 1. The number of aliphatic hydroxyl groups excluding tert-OH is 1. The quantitative estimate of drug-likeness (QED) is 0.00963. The van der Waals surface area contributed by atoms with Gasteiger partial charge < -0.3 is 79.9 Å². The number of carbonyl (C=O) groups is 6. The number of alkyl halides is 1. The topological polar surface area (TPSA) is 514 Å². The molecule has 36 nitrogen and oxygen atoms in total. The van der Waals surface area contributed by atoms with E-state index in [-0.39, 0.29) is 118 Å². The SMILES string of the molecule is C.C.C.CC(C)(C)C(=O)CBr.CC(C)(C)OC(=O)N1[C@@H](Cc2ccc(-c3ncc(C(C)(C)C)[nH]3)cc2)COC1(C)C.CC(C)(C)OC(=O)N1[C@@H](Cc2ccc(C#N)cc2)COC1(C)C.CC(C)(C)OC(=O)N1[C@@H](Cc2ccc(C(=N)N)cc2)COC1(C)C.CC(C)(C)OC(=O)N1[C@@H](Cc2ccc(C(N)=NO)cc2)COC1(C)C.CC(C)(C)OC(=O)N[C@H](CO)Cc1ccc(C#N)cc1.COS(=O)(=O)OC.Cl.NO. The molecule has 4 aliphatic rings. The highest BCUT2D eigenvalue weighted by Gasteiger charge is 2.50. The number of ether oxygens (including phenoxy) is 9. The third-order valence-electron chi connectivity index (χ3n) is 20.7. The number of hydrogen-bond acceptors (Lipinski definition) is 28. The minimum absolute atomic E-state index is 0. The van der Waals surface area contributed by atoms with Gasteiger partial charge in [0.1, 0.15) is 68.3 Å². The standard InChI is InChI=1S/C24H35N3O3.C18H27N3O4.C18H27N3O3.C18H24N2O3.C15H20N2O3.C6H11BrO.C2H6O4S.3CH4.ClH.H3NO/c1-22(2,3)19-14-25-20(26-19)17-11-9-16(10-12-17)13-18-15-29-24(7,8)27(18)21(28)30-23(4,5)6;1-17(2,3)25-16(22)21-14(11-24-18(21,4)5)10-12-6-8-13(9-7-12)15(19)20-23;1-17(2,3)24-16(22)21-14(11-23-18(21,4)5)10-12-6-8-13(9-7-12)15(19)20;1-17(2,3)23-16(21)20-15(12-22-18(20,4)5)10-13-6-8-14(11-19)9-7-13;1-15(2,3)20-14(19)17-13(10-18)8-11-4-6-12(9-16)7-5-11;1-6(2,3)5(8)4-7;1-5-7(3,4)6-2;;;;;1-2/h9-12,14,18H,13,15H2,1-8H3,(H,25,26);6-9,14,23H,10-11H2,1-5H3,(H2,19,20);6-9,14H,10-11H2,1-5H3,(H3,19,20);6-9,15H,10,12H2,1-5H3;4-7,13,18H,8,10H2,1-3H3,(H,17,19);4H2,1-3H3;1-2H3;3*1H4;1H;2H,1H2/t18-;2*14-;15-;13-;;;;;;;/m00000......./s1. The first-order valence-electron chi connectivity index (χ1n) is 45.5. The highest BCUT2D eigenvalue weighted by atomic mass is 79.9. The third kappa shape index (κ3) is 46.6. The fourth-order valence-corrected chi connectivity index (χ4v) is 14.9. The maximum atomic E-state index is 12.8. The molecular formula is C104H166BrClN14O22S. The van der Waals surface area contributed by atoms with Gasteiger partial charge in [-0.2, -0.15) is 18.9 Å². The van der Waals surface area contributed by atoms with Gasteiger partial charge in [0.25, 0.3) is 0 Å². The van der Waals surface area contributed by atoms with Gasteiger partial charge in [-0.05, 0) is 243 Å². The van der Waals surface area contributed by atoms with Crippen molar-refractivity contribution in [3.63, 3.8) is 0 Å². The fourth-order valence-electron chi connectivity index (χ4n) is 13.9. The number of hydrogen-bond donors (Lipinski definition) is 9. The van der Waals surface area contributed by atoms with E-state index in [1.165, 1.54) is 0 Å². The third-order valence-corrected chi connectivity index (χ3v) is 22.1. The van der Waals surface area contributed by atoms with E-state index in [9.17, 15) is 42.3 Å². The van der Waals surface area contributed by atoms with Crippen molar-refractivity contribution in [3.8, 4) is 23.5 Å². The second-order valence-electron chi connectivity index (χ2n) is 42.1. The van der Waals surface area contributed by atoms with Gasteiger partial charge in [-0.15, -0.1) is 12.4 Å². The summed E-state index contributed by atoms with van der Waals surface area (Å²) >= 11 is 3.10. The Labute approximate surface area is 865 Å². The first-order valence-corrected chi connectivity index (χ1v) is 47.9. The van der Waals surface area contributed by atoms with Crippen LogP contribution >= 0.6 is 28.3 Å². The molecule has 4 aliphatic heterocycles. The number of nitrogens with one attached hydrogen (secondary N) is 3. The lowest BCUT2D eigenvalue weighted by Gasteiger charge is -2.35. The summed E-state index contributed by atoms with van der Waals surface area (Å²) in [5.74, 6) is 4.72. The minimum atomic E-state index is -3.66. The highest BCUT2D eigenvalue weighted by Crippen LogP contribution is 2.37. The number of nitriles is 2. The predicted octanol–water partition coefficient (Wildman–Crippen LogP) is 19.5. The van der Waals surface area contributed by atoms with Gasteiger partial charge in [0.2, 0.25) is 0 Å². The maximum absolute atomic E-state index is 12.8. The Kier molecular flexibility index (Phi) is 53.9. The smallest absolute Gasteiger partial charge is 0.412 e. The zero-order valence-corrected chi connectivity index (χ0v) is 90.6. The van der Waals surface area contributed by atoms with Gasteiger partial charge in [-0.25, -0.2) is 34.9 Å². The van der Waals surface area contributed by atoms with Crippen molar-refractivity contribution in [2.75, 3.05) is 52.6 Å². The molecule has 0 spiro atoms. The number of rotatable bonds is 18. The number of amidine groups is 2. The van der Waals surface area contributed by atoms with E-state index in [4.69, 9.17) is 80.4 Å². The largest absolute Gasteiger partial charge is 0.444 e. The first-order chi connectivity index (χ1) is 63.8. The molecule has 5 aromatic carbocycles. The number of nitrogen functional groups attached to an aromatic ring is 1. The Morgan fingerprint density at radius 2 is 0.790 bits per heavy atom. The zero-order chi connectivity index (χ0) is 106. The molecule has 6 aromatic rings. The molecule has 1 aromatic heterocycles. The van der Waals surface area contributed by atoms with E-state index in [0.717, 1.165) is 59.1 Å². The maximum Gasteiger partial charge on any atom is 0.412 e. The highest BCUT2D eigenvalue weighted by molar-refractivity contribution is 9.09. The summed E-state index contributed by atoms with van der Waals surface area (Å²) < 4.78 is 78.2. The van der Waals surface area contributed by atoms with E-state index in [1.807, 2.05) is 220 Å². The number of benzene rings is 5. The number of ketones is 1. The molecule has 5 heterocycles. The van der Waals surface area contributed by atoms with Crippen LogP contribution in [-0.2, 0) is 104 Å². The number of aromatic amines is 1. The minimum Gasteiger partial charge on any atom is -0.444 e. The van der Waals surface area contributed by atoms with Crippen LogP contribution in [0.4, 0.5) is 24.0 Å². The Morgan fingerprint density at radius 3 is 1.01 bits per heavy atom. The zero-order valence-electron chi connectivity index (χ0n) is 87.4. The summed E-state index contributed by atoms with van der Waals surface area (Å²) in [4.78, 5) is 87.7. The van der Waals surface area contributed by atoms with Crippen molar-refractivity contribution in [2.45, 2.75) is 342 Å². The second kappa shape index (κ2) is 57.3. The molecule has 4 saturated heterocycles. The number of carbonyl (C=O) groups excluding carboxylic acids is 6. The molecule has 0 unspecified atom stereocenters. The number of halogens is 2. The van der Waals surface area contributed by atoms with Crippen molar-refractivity contribution < 1.29 is 104 Å². The second-order valence-corrected chi connectivity index (χ2v) is 44.2. The monoisotopic (exact) mass is 2110 g/mol. The van der Waals surface area contributed by atoms with Crippen molar-refractivity contribution in [1.82, 2.24) is 34.9 Å².